The van der Waals surface area contributed by atoms with Crippen LogP contribution in [-0.2, 0) is 19.2 Å². The number of aliphatic hydroxyl groups is 1. The molecule has 0 atom stereocenters. The summed E-state index contributed by atoms with van der Waals surface area (Å²) < 4.78 is 52.6. The molecule has 1 aliphatic rings. The number of halogens is 3. The van der Waals surface area contributed by atoms with Crippen molar-refractivity contribution >= 4 is 11.3 Å². The van der Waals surface area contributed by atoms with Gasteiger partial charge >= 0.3 is 6.18 Å². The van der Waals surface area contributed by atoms with Crippen LogP contribution < -0.4 is 14.8 Å². The van der Waals surface area contributed by atoms with E-state index >= 15 is 0 Å². The summed E-state index contributed by atoms with van der Waals surface area (Å²) in [6.07, 6.45) is -1.95. The minimum Gasteiger partial charge on any atom is -0.496 e. The minimum absolute atomic E-state index is 0.0192. The Bertz CT molecular complexity index is 1300. The van der Waals surface area contributed by atoms with Gasteiger partial charge in [-0.25, -0.2) is 0 Å². The molecular formula is C29H30F3NO3. The van der Waals surface area contributed by atoms with Crippen LogP contribution in [0.3, 0.4) is 0 Å². The number of nitrogens with one attached hydrogen (secondary N) is 1. The van der Waals surface area contributed by atoms with Crippen molar-refractivity contribution in [3.63, 3.8) is 0 Å². The molecule has 0 saturated carbocycles. The average Bonchev–Trinajstić information content (AvgIpc) is 2.81. The van der Waals surface area contributed by atoms with Gasteiger partial charge in [-0.15, -0.1) is 0 Å². The molecule has 0 amide bonds. The Morgan fingerprint density at radius 3 is 2.42 bits per heavy atom. The number of rotatable bonds is 7. The monoisotopic (exact) mass is 497 g/mol. The quantitative estimate of drug-likeness (QED) is 0.366. The number of allylic oxidation sites excluding steroid dienone is 1. The lowest BCUT2D eigenvalue weighted by Gasteiger charge is -2.33. The van der Waals surface area contributed by atoms with E-state index in [-0.39, 0.29) is 18.8 Å². The fraction of sp³-hybridized carbons (Fsp3) is 0.310. The number of hydrogen-bond donors (Lipinski definition) is 2. The molecule has 0 aromatic heterocycles. The Morgan fingerprint density at radius 2 is 1.72 bits per heavy atom. The third kappa shape index (κ3) is 5.21. The van der Waals surface area contributed by atoms with E-state index in [1.807, 2.05) is 43.3 Å². The maximum Gasteiger partial charge on any atom is 0.416 e. The molecule has 0 unspecified atom stereocenters. The van der Waals surface area contributed by atoms with Gasteiger partial charge in [-0.05, 0) is 74.2 Å². The first-order valence-electron chi connectivity index (χ1n) is 11.7. The molecule has 0 bridgehead atoms. The van der Waals surface area contributed by atoms with E-state index < -0.39 is 11.7 Å². The van der Waals surface area contributed by atoms with Crippen LogP contribution in [0.25, 0.3) is 16.7 Å². The van der Waals surface area contributed by atoms with Crippen LogP contribution >= 0.6 is 0 Å². The van der Waals surface area contributed by atoms with Crippen molar-refractivity contribution in [1.82, 2.24) is 0 Å². The Balaban J connectivity index is 1.90. The van der Waals surface area contributed by atoms with Gasteiger partial charge < -0.3 is 19.9 Å². The van der Waals surface area contributed by atoms with E-state index in [1.165, 1.54) is 13.2 Å². The third-order valence-corrected chi connectivity index (χ3v) is 6.28. The Morgan fingerprint density at radius 1 is 0.972 bits per heavy atom. The van der Waals surface area contributed by atoms with Crippen LogP contribution in [0.2, 0.25) is 0 Å². The molecule has 190 valence electrons. The van der Waals surface area contributed by atoms with Crippen molar-refractivity contribution in [3.8, 4) is 22.6 Å². The Labute approximate surface area is 209 Å². The van der Waals surface area contributed by atoms with Gasteiger partial charge in [0.15, 0.2) is 0 Å². The first kappa shape index (κ1) is 25.6. The molecule has 0 spiro atoms. The number of benzene rings is 3. The van der Waals surface area contributed by atoms with E-state index in [1.54, 1.807) is 0 Å². The fourth-order valence-electron chi connectivity index (χ4n) is 4.82. The number of fused-ring (bicyclic) bond motifs is 1. The van der Waals surface area contributed by atoms with Crippen LogP contribution in [0.4, 0.5) is 18.9 Å². The minimum atomic E-state index is -4.49. The highest BCUT2D eigenvalue weighted by Gasteiger charge is 2.32. The number of alkyl halides is 3. The highest BCUT2D eigenvalue weighted by molar-refractivity contribution is 5.88. The second-order valence-electron chi connectivity index (χ2n) is 9.47. The van der Waals surface area contributed by atoms with Gasteiger partial charge in [-0.1, -0.05) is 30.3 Å². The molecule has 0 saturated heterocycles. The highest BCUT2D eigenvalue weighted by atomic mass is 19.4. The second-order valence-corrected chi connectivity index (χ2v) is 9.47. The summed E-state index contributed by atoms with van der Waals surface area (Å²) in [4.78, 5) is 0. The van der Waals surface area contributed by atoms with Gasteiger partial charge in [0.25, 0.3) is 0 Å². The van der Waals surface area contributed by atoms with Gasteiger partial charge in [0.2, 0.25) is 0 Å². The predicted molar refractivity (Wildman–Crippen MR) is 136 cm³/mol. The second kappa shape index (κ2) is 9.90. The molecule has 4 rings (SSSR count). The van der Waals surface area contributed by atoms with Gasteiger partial charge in [-0.2, -0.15) is 13.2 Å². The summed E-state index contributed by atoms with van der Waals surface area (Å²) in [5.74, 6) is 0.965. The lowest BCUT2D eigenvalue weighted by atomic mass is 9.85. The average molecular weight is 498 g/mol. The zero-order chi connectivity index (χ0) is 26.1. The smallest absolute Gasteiger partial charge is 0.416 e. The molecule has 1 aliphatic heterocycles. The fourth-order valence-corrected chi connectivity index (χ4v) is 4.82. The standard InChI is InChI=1S/C29H30F3NO3/c1-18-16-28(2,3)33-24-11-10-21(22-15-20(29(30,31)32)9-12-26(22)35-4)23(27(18)24)17-36-25-8-6-5-7-19(25)13-14-34/h5-12,15-16,33-34H,13-14,17H2,1-4H3. The Hall–Kier alpha value is -3.45. The SMILES string of the molecule is COc1ccc(C(F)(F)F)cc1-c1ccc2c(c1COc1ccccc1CCO)C(C)=CC(C)(C)N2. The number of hydrogen-bond acceptors (Lipinski definition) is 4. The molecule has 2 N–H and O–H groups in total. The molecule has 1 heterocycles. The van der Waals surface area contributed by atoms with Crippen molar-refractivity contribution in [2.45, 2.75) is 45.5 Å². The first-order valence-corrected chi connectivity index (χ1v) is 11.7. The van der Waals surface area contributed by atoms with Gasteiger partial charge in [0.1, 0.15) is 18.1 Å². The first-order chi connectivity index (χ1) is 17.0. The van der Waals surface area contributed by atoms with Crippen molar-refractivity contribution in [2.75, 3.05) is 19.0 Å². The normalized spacial score (nSPS) is 14.5. The highest BCUT2D eigenvalue weighted by Crippen LogP contribution is 2.44. The molecule has 0 radical (unpaired) electrons. The summed E-state index contributed by atoms with van der Waals surface area (Å²) in [6.45, 7) is 6.22. The zero-order valence-electron chi connectivity index (χ0n) is 20.8. The molecular weight excluding hydrogens is 467 g/mol. The summed E-state index contributed by atoms with van der Waals surface area (Å²) >= 11 is 0. The zero-order valence-corrected chi connectivity index (χ0v) is 20.8. The van der Waals surface area contributed by atoms with E-state index in [0.717, 1.165) is 40.1 Å². The van der Waals surface area contributed by atoms with Crippen molar-refractivity contribution in [3.05, 3.63) is 82.9 Å². The van der Waals surface area contributed by atoms with Gasteiger partial charge in [-0.3, -0.25) is 0 Å². The summed E-state index contributed by atoms with van der Waals surface area (Å²) in [7, 11) is 1.45. The van der Waals surface area contributed by atoms with Crippen molar-refractivity contribution < 1.29 is 27.8 Å². The number of ether oxygens (including phenoxy) is 2. The number of aliphatic hydroxyl groups excluding tert-OH is 1. The maximum absolute atomic E-state index is 13.6. The predicted octanol–water partition coefficient (Wildman–Crippen LogP) is 7.10. The van der Waals surface area contributed by atoms with E-state index in [9.17, 15) is 18.3 Å². The lowest BCUT2D eigenvalue weighted by molar-refractivity contribution is -0.137. The summed E-state index contributed by atoms with van der Waals surface area (Å²) in [6, 6.07) is 14.7. The number of para-hydroxylation sites is 1. The van der Waals surface area contributed by atoms with E-state index in [2.05, 4.69) is 25.2 Å². The largest absolute Gasteiger partial charge is 0.496 e. The lowest BCUT2D eigenvalue weighted by Crippen LogP contribution is -2.32. The maximum atomic E-state index is 13.6. The number of methoxy groups -OCH3 is 1. The van der Waals surface area contributed by atoms with Crippen LogP contribution in [-0.4, -0.2) is 24.4 Å². The van der Waals surface area contributed by atoms with E-state index in [4.69, 9.17) is 9.47 Å². The summed E-state index contributed by atoms with van der Waals surface area (Å²) in [5.41, 5.74) is 4.31. The molecule has 4 nitrogen and oxygen atoms in total. The topological polar surface area (TPSA) is 50.7 Å². The van der Waals surface area contributed by atoms with Crippen LogP contribution in [0.15, 0.2) is 60.7 Å². The number of anilines is 1. The van der Waals surface area contributed by atoms with Crippen LogP contribution in [0, 0.1) is 0 Å². The van der Waals surface area contributed by atoms with Crippen molar-refractivity contribution in [2.24, 2.45) is 0 Å². The molecule has 0 aliphatic carbocycles. The molecule has 0 fully saturated rings. The van der Waals surface area contributed by atoms with Gasteiger partial charge in [0.05, 0.1) is 18.2 Å². The molecule has 3 aromatic carbocycles. The summed E-state index contributed by atoms with van der Waals surface area (Å²) in [5, 5.41) is 12.9. The molecule has 36 heavy (non-hydrogen) atoms. The van der Waals surface area contributed by atoms with Crippen LogP contribution in [0.1, 0.15) is 43.0 Å². The molecule has 7 heteroatoms. The van der Waals surface area contributed by atoms with Gasteiger partial charge in [0, 0.05) is 29.0 Å². The van der Waals surface area contributed by atoms with E-state index in [0.29, 0.717) is 29.0 Å². The van der Waals surface area contributed by atoms with Crippen LogP contribution in [0.5, 0.6) is 11.5 Å². The van der Waals surface area contributed by atoms with Crippen molar-refractivity contribution in [1.29, 1.82) is 0 Å². The molecule has 3 aromatic rings. The third-order valence-electron chi connectivity index (χ3n) is 6.28. The Kier molecular flexibility index (Phi) is 7.05.